The third kappa shape index (κ3) is 1.64. The molecule has 4 heteroatoms. The van der Waals surface area contributed by atoms with Gasteiger partial charge >= 0.3 is 0 Å². The normalized spacial score (nSPS) is 24.7. The van der Waals surface area contributed by atoms with Crippen LogP contribution in [0.1, 0.15) is 24.5 Å². The average molecular weight is 222 g/mol. The second-order valence-corrected chi connectivity index (χ2v) is 4.11. The van der Waals surface area contributed by atoms with Crippen LogP contribution in [0.4, 0.5) is 0 Å². The van der Waals surface area contributed by atoms with Gasteiger partial charge in [-0.05, 0) is 30.5 Å². The molecule has 0 bridgehead atoms. The Morgan fingerprint density at radius 1 is 1.25 bits per heavy atom. The lowest BCUT2D eigenvalue weighted by Gasteiger charge is -2.17. The standard InChI is InChI=1S/C12H14O4/c13-12(10-2-1-5-14-10)8-3-4-9-11(6-8)16-7-15-9/h3-4,6,10,12-13H,1-2,5,7H2/t10-,12-/m1/s1. The maximum absolute atomic E-state index is 10.1. The van der Waals surface area contributed by atoms with Gasteiger partial charge in [-0.3, -0.25) is 0 Å². The Kier molecular flexibility index (Phi) is 2.46. The highest BCUT2D eigenvalue weighted by Gasteiger charge is 2.26. The van der Waals surface area contributed by atoms with E-state index < -0.39 is 6.10 Å². The Labute approximate surface area is 93.7 Å². The Balaban J connectivity index is 1.83. The fourth-order valence-corrected chi connectivity index (χ4v) is 2.16. The molecular formula is C12H14O4. The minimum atomic E-state index is -0.572. The van der Waals surface area contributed by atoms with E-state index in [0.717, 1.165) is 30.8 Å². The van der Waals surface area contributed by atoms with Gasteiger partial charge in [0.1, 0.15) is 6.10 Å². The lowest BCUT2D eigenvalue weighted by atomic mass is 10.0. The summed E-state index contributed by atoms with van der Waals surface area (Å²) in [6.07, 6.45) is 1.28. The van der Waals surface area contributed by atoms with Crippen LogP contribution >= 0.6 is 0 Å². The summed E-state index contributed by atoms with van der Waals surface area (Å²) in [5, 5.41) is 10.1. The van der Waals surface area contributed by atoms with Crippen molar-refractivity contribution in [1.29, 1.82) is 0 Å². The van der Waals surface area contributed by atoms with Crippen molar-refractivity contribution in [3.63, 3.8) is 0 Å². The number of fused-ring (bicyclic) bond motifs is 1. The van der Waals surface area contributed by atoms with E-state index in [9.17, 15) is 5.11 Å². The highest BCUT2D eigenvalue weighted by molar-refractivity contribution is 5.45. The fraction of sp³-hybridized carbons (Fsp3) is 0.500. The first-order valence-electron chi connectivity index (χ1n) is 5.54. The van der Waals surface area contributed by atoms with Gasteiger partial charge < -0.3 is 19.3 Å². The van der Waals surface area contributed by atoms with Crippen LogP contribution in [0.25, 0.3) is 0 Å². The van der Waals surface area contributed by atoms with E-state index >= 15 is 0 Å². The van der Waals surface area contributed by atoms with Crippen LogP contribution in [0.2, 0.25) is 0 Å². The van der Waals surface area contributed by atoms with Crippen LogP contribution < -0.4 is 9.47 Å². The molecule has 2 aliphatic rings. The molecule has 2 heterocycles. The molecule has 3 rings (SSSR count). The number of hydrogen-bond donors (Lipinski definition) is 1. The molecule has 1 fully saturated rings. The zero-order chi connectivity index (χ0) is 11.0. The Hall–Kier alpha value is -1.26. The molecule has 1 saturated heterocycles. The third-order valence-corrected chi connectivity index (χ3v) is 3.06. The third-order valence-electron chi connectivity index (χ3n) is 3.06. The summed E-state index contributed by atoms with van der Waals surface area (Å²) >= 11 is 0. The minimum absolute atomic E-state index is 0.0830. The summed E-state index contributed by atoms with van der Waals surface area (Å²) < 4.78 is 16.0. The van der Waals surface area contributed by atoms with Gasteiger partial charge in [-0.1, -0.05) is 6.07 Å². The number of aliphatic hydroxyl groups excluding tert-OH is 1. The van der Waals surface area contributed by atoms with Gasteiger partial charge in [0.2, 0.25) is 6.79 Å². The molecule has 1 aromatic carbocycles. The number of rotatable bonds is 2. The Morgan fingerprint density at radius 3 is 2.94 bits per heavy atom. The molecule has 0 radical (unpaired) electrons. The van der Waals surface area contributed by atoms with Crippen LogP contribution in [0.5, 0.6) is 11.5 Å². The zero-order valence-corrected chi connectivity index (χ0v) is 8.89. The average Bonchev–Trinajstić information content (AvgIpc) is 2.98. The highest BCUT2D eigenvalue weighted by atomic mass is 16.7. The summed E-state index contributed by atoms with van der Waals surface area (Å²) in [6.45, 7) is 1.00. The van der Waals surface area contributed by atoms with E-state index in [4.69, 9.17) is 14.2 Å². The van der Waals surface area contributed by atoms with E-state index in [-0.39, 0.29) is 12.9 Å². The first-order chi connectivity index (χ1) is 7.84. The summed E-state index contributed by atoms with van der Waals surface area (Å²) in [4.78, 5) is 0. The van der Waals surface area contributed by atoms with Crippen LogP contribution in [0.3, 0.4) is 0 Å². The van der Waals surface area contributed by atoms with Crippen molar-refractivity contribution in [3.8, 4) is 11.5 Å². The van der Waals surface area contributed by atoms with E-state index in [2.05, 4.69) is 0 Å². The van der Waals surface area contributed by atoms with Crippen molar-refractivity contribution in [2.24, 2.45) is 0 Å². The van der Waals surface area contributed by atoms with Gasteiger partial charge in [0.15, 0.2) is 11.5 Å². The van der Waals surface area contributed by atoms with Gasteiger partial charge in [-0.15, -0.1) is 0 Å². The molecule has 16 heavy (non-hydrogen) atoms. The van der Waals surface area contributed by atoms with E-state index in [1.165, 1.54) is 0 Å². The number of aliphatic hydroxyl groups is 1. The lowest BCUT2D eigenvalue weighted by Crippen LogP contribution is -2.16. The molecule has 4 nitrogen and oxygen atoms in total. The van der Waals surface area contributed by atoms with Gasteiger partial charge in [0.25, 0.3) is 0 Å². The van der Waals surface area contributed by atoms with Crippen molar-refractivity contribution in [2.75, 3.05) is 13.4 Å². The predicted molar refractivity (Wildman–Crippen MR) is 56.5 cm³/mol. The van der Waals surface area contributed by atoms with E-state index in [1.807, 2.05) is 18.2 Å². The molecule has 2 aliphatic heterocycles. The molecule has 1 N–H and O–H groups in total. The second-order valence-electron chi connectivity index (χ2n) is 4.11. The second kappa shape index (κ2) is 3.96. The molecule has 0 saturated carbocycles. The number of ether oxygens (including phenoxy) is 3. The Morgan fingerprint density at radius 2 is 2.12 bits per heavy atom. The van der Waals surface area contributed by atoms with Crippen molar-refractivity contribution in [1.82, 2.24) is 0 Å². The molecule has 0 aliphatic carbocycles. The molecule has 86 valence electrons. The van der Waals surface area contributed by atoms with Crippen LogP contribution in [-0.2, 0) is 4.74 Å². The lowest BCUT2D eigenvalue weighted by molar-refractivity contribution is -0.00265. The van der Waals surface area contributed by atoms with Crippen LogP contribution in [0, 0.1) is 0 Å². The molecule has 2 atom stereocenters. The van der Waals surface area contributed by atoms with Crippen molar-refractivity contribution in [3.05, 3.63) is 23.8 Å². The van der Waals surface area contributed by atoms with Crippen LogP contribution in [0.15, 0.2) is 18.2 Å². The van der Waals surface area contributed by atoms with E-state index in [1.54, 1.807) is 0 Å². The fourth-order valence-electron chi connectivity index (χ4n) is 2.16. The minimum Gasteiger partial charge on any atom is -0.454 e. The van der Waals surface area contributed by atoms with Crippen LogP contribution in [-0.4, -0.2) is 24.6 Å². The predicted octanol–water partition coefficient (Wildman–Crippen LogP) is 1.63. The molecule has 0 amide bonds. The smallest absolute Gasteiger partial charge is 0.231 e. The molecule has 0 unspecified atom stereocenters. The van der Waals surface area contributed by atoms with Gasteiger partial charge in [0.05, 0.1) is 6.10 Å². The first-order valence-corrected chi connectivity index (χ1v) is 5.54. The highest BCUT2D eigenvalue weighted by Crippen LogP contribution is 2.36. The van der Waals surface area contributed by atoms with Gasteiger partial charge in [0, 0.05) is 6.61 Å². The maximum Gasteiger partial charge on any atom is 0.231 e. The van der Waals surface area contributed by atoms with Gasteiger partial charge in [-0.25, -0.2) is 0 Å². The number of benzene rings is 1. The largest absolute Gasteiger partial charge is 0.454 e. The molecule has 1 aromatic rings. The maximum atomic E-state index is 10.1. The van der Waals surface area contributed by atoms with Crippen molar-refractivity contribution < 1.29 is 19.3 Å². The topological polar surface area (TPSA) is 47.9 Å². The number of hydrogen-bond acceptors (Lipinski definition) is 4. The first kappa shape index (κ1) is 9.93. The zero-order valence-electron chi connectivity index (χ0n) is 8.89. The summed E-state index contributed by atoms with van der Waals surface area (Å²) in [5.41, 5.74) is 0.830. The summed E-state index contributed by atoms with van der Waals surface area (Å²) in [6, 6.07) is 5.52. The molecule has 0 aromatic heterocycles. The summed E-state index contributed by atoms with van der Waals surface area (Å²) in [5.74, 6) is 1.44. The van der Waals surface area contributed by atoms with Crippen molar-refractivity contribution >= 4 is 0 Å². The van der Waals surface area contributed by atoms with Gasteiger partial charge in [-0.2, -0.15) is 0 Å². The monoisotopic (exact) mass is 222 g/mol. The quantitative estimate of drug-likeness (QED) is 0.826. The van der Waals surface area contributed by atoms with Crippen molar-refractivity contribution in [2.45, 2.75) is 25.0 Å². The molecule has 0 spiro atoms. The summed E-state index contributed by atoms with van der Waals surface area (Å²) in [7, 11) is 0. The molecular weight excluding hydrogens is 208 g/mol. The Bertz CT molecular complexity index is 385. The SMILES string of the molecule is O[C@H](c1ccc2c(c1)OCO2)[C@H]1CCCO1. The van der Waals surface area contributed by atoms with E-state index in [0.29, 0.717) is 5.75 Å².